The molecule has 1 aromatic heterocycles. The van der Waals surface area contributed by atoms with E-state index < -0.39 is 17.4 Å². The Bertz CT molecular complexity index is 747. The number of amides is 2. The Morgan fingerprint density at radius 1 is 1.52 bits per heavy atom. The largest absolute Gasteiger partial charge is 0.466 e. The Morgan fingerprint density at radius 2 is 2.35 bits per heavy atom. The highest BCUT2D eigenvalue weighted by atomic mass is 35.5. The fraction of sp³-hybridized carbons (Fsp3) is 0.267. The normalized spacial score (nSPS) is 19.5. The lowest BCUT2D eigenvalue weighted by Gasteiger charge is -2.33. The van der Waals surface area contributed by atoms with Crippen LogP contribution >= 0.6 is 11.6 Å². The molecule has 2 amide bonds. The molecule has 0 bridgehead atoms. The second-order valence-electron chi connectivity index (χ2n) is 5.29. The van der Waals surface area contributed by atoms with Crippen molar-refractivity contribution in [2.75, 3.05) is 11.9 Å². The summed E-state index contributed by atoms with van der Waals surface area (Å²) >= 11 is 5.88. The molecule has 3 rings (SSSR count). The smallest absolute Gasteiger partial charge is 0.278 e. The van der Waals surface area contributed by atoms with Gasteiger partial charge < -0.3 is 19.9 Å². The van der Waals surface area contributed by atoms with Crippen LogP contribution in [0.3, 0.4) is 0 Å². The van der Waals surface area contributed by atoms with E-state index in [1.807, 2.05) is 4.57 Å². The minimum absolute atomic E-state index is 0.356. The van der Waals surface area contributed by atoms with Crippen LogP contribution in [0.15, 0.2) is 36.9 Å². The van der Waals surface area contributed by atoms with Crippen LogP contribution in [0.4, 0.5) is 5.69 Å². The lowest BCUT2D eigenvalue weighted by Crippen LogP contribution is -2.59. The number of nitrogens with zero attached hydrogens (tertiary/aromatic N) is 2. The van der Waals surface area contributed by atoms with Gasteiger partial charge in [0.05, 0.1) is 12.0 Å². The first-order chi connectivity index (χ1) is 11.0. The van der Waals surface area contributed by atoms with Gasteiger partial charge in [0, 0.05) is 30.5 Å². The number of halogens is 1. The SMILES string of the molecule is CC1(C(=O)NCCn2ccnc2)Oc2ccc(Cl)cc2NC1=O. The van der Waals surface area contributed by atoms with Crippen LogP contribution in [-0.2, 0) is 16.1 Å². The summed E-state index contributed by atoms with van der Waals surface area (Å²) in [4.78, 5) is 28.6. The van der Waals surface area contributed by atoms with E-state index in [1.165, 1.54) is 6.92 Å². The number of carbonyl (C=O) groups is 2. The first-order valence-corrected chi connectivity index (χ1v) is 7.41. The standard InChI is InChI=1S/C15H15ClN4O3/c1-15(13(21)18-5-7-20-6-4-17-9-20)14(22)19-11-8-10(16)2-3-12(11)23-15/h2-4,6,8-9H,5,7H2,1H3,(H,18,21)(H,19,22). The van der Waals surface area contributed by atoms with Crippen LogP contribution in [0.1, 0.15) is 6.92 Å². The van der Waals surface area contributed by atoms with E-state index in [1.54, 1.807) is 36.9 Å². The maximum absolute atomic E-state index is 12.4. The molecule has 0 saturated heterocycles. The number of aromatic nitrogens is 2. The summed E-state index contributed by atoms with van der Waals surface area (Å²) in [5.74, 6) is -0.635. The number of imidazole rings is 1. The molecule has 2 N–H and O–H groups in total. The molecule has 1 aromatic carbocycles. The molecule has 2 aromatic rings. The molecule has 0 spiro atoms. The summed E-state index contributed by atoms with van der Waals surface area (Å²) in [7, 11) is 0. The van der Waals surface area contributed by atoms with E-state index in [0.717, 1.165) is 0 Å². The zero-order chi connectivity index (χ0) is 16.4. The number of benzene rings is 1. The molecule has 0 saturated carbocycles. The topological polar surface area (TPSA) is 85.2 Å². The molecular formula is C15H15ClN4O3. The Balaban J connectivity index is 1.69. The van der Waals surface area contributed by atoms with E-state index >= 15 is 0 Å². The van der Waals surface area contributed by atoms with Crippen LogP contribution in [-0.4, -0.2) is 33.5 Å². The number of ether oxygens (including phenoxy) is 1. The molecule has 23 heavy (non-hydrogen) atoms. The predicted octanol–water partition coefficient (Wildman–Crippen LogP) is 1.44. The minimum atomic E-state index is -1.63. The van der Waals surface area contributed by atoms with Crippen molar-refractivity contribution in [3.63, 3.8) is 0 Å². The van der Waals surface area contributed by atoms with Gasteiger partial charge >= 0.3 is 0 Å². The predicted molar refractivity (Wildman–Crippen MR) is 84.4 cm³/mol. The van der Waals surface area contributed by atoms with Crippen molar-refractivity contribution in [3.8, 4) is 5.75 Å². The van der Waals surface area contributed by atoms with E-state index in [0.29, 0.717) is 29.5 Å². The Hall–Kier alpha value is -2.54. The van der Waals surface area contributed by atoms with Gasteiger partial charge in [0.15, 0.2) is 0 Å². The van der Waals surface area contributed by atoms with Crippen molar-refractivity contribution in [1.29, 1.82) is 0 Å². The zero-order valence-electron chi connectivity index (χ0n) is 12.4. The average molecular weight is 335 g/mol. The Morgan fingerprint density at radius 3 is 3.09 bits per heavy atom. The van der Waals surface area contributed by atoms with E-state index in [9.17, 15) is 9.59 Å². The maximum Gasteiger partial charge on any atom is 0.278 e. The highest BCUT2D eigenvalue weighted by Gasteiger charge is 2.47. The molecule has 1 unspecified atom stereocenters. The molecule has 0 radical (unpaired) electrons. The van der Waals surface area contributed by atoms with Gasteiger partial charge in [-0.25, -0.2) is 4.98 Å². The lowest BCUT2D eigenvalue weighted by molar-refractivity contribution is -0.146. The third-order valence-corrected chi connectivity index (χ3v) is 3.82. The summed E-state index contributed by atoms with van der Waals surface area (Å²) in [6, 6.07) is 4.83. The third-order valence-electron chi connectivity index (χ3n) is 3.59. The minimum Gasteiger partial charge on any atom is -0.466 e. The van der Waals surface area contributed by atoms with Gasteiger partial charge in [-0.1, -0.05) is 11.6 Å². The van der Waals surface area contributed by atoms with E-state index in [2.05, 4.69) is 15.6 Å². The molecule has 2 heterocycles. The number of carbonyl (C=O) groups excluding carboxylic acids is 2. The molecule has 7 nitrogen and oxygen atoms in total. The third kappa shape index (κ3) is 3.00. The molecule has 0 fully saturated rings. The van der Waals surface area contributed by atoms with Gasteiger partial charge in [0.1, 0.15) is 5.75 Å². The van der Waals surface area contributed by atoms with Crippen molar-refractivity contribution in [3.05, 3.63) is 41.9 Å². The fourth-order valence-electron chi connectivity index (χ4n) is 2.23. The van der Waals surface area contributed by atoms with Gasteiger partial charge in [-0.05, 0) is 25.1 Å². The zero-order valence-corrected chi connectivity index (χ0v) is 13.1. The van der Waals surface area contributed by atoms with Crippen LogP contribution < -0.4 is 15.4 Å². The summed E-state index contributed by atoms with van der Waals surface area (Å²) in [5.41, 5.74) is -1.18. The number of rotatable bonds is 4. The Labute approximate surface area is 137 Å². The van der Waals surface area contributed by atoms with Gasteiger partial charge in [0.2, 0.25) is 0 Å². The molecule has 0 aliphatic carbocycles. The van der Waals surface area contributed by atoms with Gasteiger partial charge in [-0.3, -0.25) is 9.59 Å². The van der Waals surface area contributed by atoms with Crippen molar-refractivity contribution < 1.29 is 14.3 Å². The van der Waals surface area contributed by atoms with Gasteiger partial charge in [0.25, 0.3) is 17.4 Å². The Kier molecular flexibility index (Phi) is 3.96. The van der Waals surface area contributed by atoms with Gasteiger partial charge in [-0.2, -0.15) is 0 Å². The first-order valence-electron chi connectivity index (χ1n) is 7.03. The number of hydrogen-bond acceptors (Lipinski definition) is 4. The van der Waals surface area contributed by atoms with Crippen molar-refractivity contribution in [2.24, 2.45) is 0 Å². The van der Waals surface area contributed by atoms with Crippen LogP contribution in [0.2, 0.25) is 5.02 Å². The summed E-state index contributed by atoms with van der Waals surface area (Å²) < 4.78 is 7.46. The molecule has 120 valence electrons. The molecule has 1 aliphatic heterocycles. The van der Waals surface area contributed by atoms with E-state index in [4.69, 9.17) is 16.3 Å². The molecule has 1 atom stereocenters. The van der Waals surface area contributed by atoms with Crippen LogP contribution in [0, 0.1) is 0 Å². The lowest BCUT2D eigenvalue weighted by atomic mass is 10.0. The van der Waals surface area contributed by atoms with Crippen molar-refractivity contribution >= 4 is 29.1 Å². The number of anilines is 1. The second kappa shape index (κ2) is 5.92. The number of hydrogen-bond donors (Lipinski definition) is 2. The van der Waals surface area contributed by atoms with Crippen LogP contribution in [0.25, 0.3) is 0 Å². The van der Waals surface area contributed by atoms with Crippen LogP contribution in [0.5, 0.6) is 5.75 Å². The molecular weight excluding hydrogens is 320 g/mol. The van der Waals surface area contributed by atoms with E-state index in [-0.39, 0.29) is 0 Å². The average Bonchev–Trinajstić information content (AvgIpc) is 3.02. The summed E-state index contributed by atoms with van der Waals surface area (Å²) in [6.07, 6.45) is 5.10. The highest BCUT2D eigenvalue weighted by Crippen LogP contribution is 2.35. The monoisotopic (exact) mass is 334 g/mol. The van der Waals surface area contributed by atoms with Gasteiger partial charge in [-0.15, -0.1) is 0 Å². The molecule has 8 heteroatoms. The number of nitrogens with one attached hydrogen (secondary N) is 2. The maximum atomic E-state index is 12.4. The fourth-order valence-corrected chi connectivity index (χ4v) is 2.40. The first kappa shape index (κ1) is 15.4. The quantitative estimate of drug-likeness (QED) is 0.829. The number of fused-ring (bicyclic) bond motifs is 1. The van der Waals surface area contributed by atoms with Crippen molar-refractivity contribution in [2.45, 2.75) is 19.1 Å². The highest BCUT2D eigenvalue weighted by molar-refractivity contribution is 6.31. The second-order valence-corrected chi connectivity index (χ2v) is 5.72. The van der Waals surface area contributed by atoms with Crippen molar-refractivity contribution in [1.82, 2.24) is 14.9 Å². The summed E-state index contributed by atoms with van der Waals surface area (Å²) in [6.45, 7) is 2.34. The summed E-state index contributed by atoms with van der Waals surface area (Å²) in [5, 5.41) is 5.83. The molecule has 1 aliphatic rings.